The van der Waals surface area contributed by atoms with Crippen LogP contribution >= 0.6 is 11.3 Å². The van der Waals surface area contributed by atoms with Crippen LogP contribution in [0.4, 0.5) is 0 Å². The number of hydrogen-bond acceptors (Lipinski definition) is 5. The molecule has 38 heavy (non-hydrogen) atoms. The number of rotatable bonds is 5. The molecule has 0 spiro atoms. The lowest BCUT2D eigenvalue weighted by Crippen LogP contribution is -2.38. The summed E-state index contributed by atoms with van der Waals surface area (Å²) < 4.78 is 12.6. The highest BCUT2D eigenvalue weighted by atomic mass is 32.1. The summed E-state index contributed by atoms with van der Waals surface area (Å²) in [5.41, 5.74) is 4.52. The molecule has 4 aromatic heterocycles. The minimum atomic E-state index is -0.337. The van der Waals surface area contributed by atoms with Gasteiger partial charge in [0.25, 0.3) is 5.56 Å². The van der Waals surface area contributed by atoms with Gasteiger partial charge >= 0.3 is 5.69 Å². The summed E-state index contributed by atoms with van der Waals surface area (Å²) in [5.74, 6) is 0.693. The third-order valence-electron chi connectivity index (χ3n) is 7.09. The average Bonchev–Trinajstić information content (AvgIpc) is 3.61. The minimum Gasteiger partial charge on any atom is -0.495 e. The largest absolute Gasteiger partial charge is 0.495 e. The fraction of sp³-hybridized carbons (Fsp3) is 0.207. The predicted octanol–water partition coefficient (Wildman–Crippen LogP) is 5.20. The van der Waals surface area contributed by atoms with Gasteiger partial charge in [-0.25, -0.2) is 14.3 Å². The Morgan fingerprint density at radius 3 is 2.58 bits per heavy atom. The maximum atomic E-state index is 13.9. The van der Waals surface area contributed by atoms with Crippen molar-refractivity contribution in [3.63, 3.8) is 0 Å². The first-order valence-corrected chi connectivity index (χ1v) is 13.2. The van der Waals surface area contributed by atoms with Gasteiger partial charge in [0, 0.05) is 41.8 Å². The third kappa shape index (κ3) is 3.53. The zero-order valence-corrected chi connectivity index (χ0v) is 22.7. The number of fused-ring (bicyclic) bond motifs is 2. The minimum absolute atomic E-state index is 0.303. The van der Waals surface area contributed by atoms with Crippen molar-refractivity contribution in [2.45, 2.75) is 27.3 Å². The van der Waals surface area contributed by atoms with Crippen LogP contribution in [0.1, 0.15) is 18.2 Å². The molecule has 0 aliphatic carbocycles. The Balaban J connectivity index is 1.57. The van der Waals surface area contributed by atoms with Gasteiger partial charge in [-0.2, -0.15) is 0 Å². The Labute approximate surface area is 222 Å². The van der Waals surface area contributed by atoms with E-state index in [0.29, 0.717) is 28.2 Å². The van der Waals surface area contributed by atoms with Gasteiger partial charge in [-0.1, -0.05) is 6.07 Å². The van der Waals surface area contributed by atoms with Crippen molar-refractivity contribution >= 4 is 32.5 Å². The zero-order chi connectivity index (χ0) is 26.7. The lowest BCUT2D eigenvalue weighted by Gasteiger charge is -2.11. The van der Waals surface area contributed by atoms with Crippen molar-refractivity contribution in [3.05, 3.63) is 93.3 Å². The van der Waals surface area contributed by atoms with Gasteiger partial charge in [0.2, 0.25) is 0 Å². The lowest BCUT2D eigenvalue weighted by molar-refractivity contribution is 0.413. The first-order chi connectivity index (χ1) is 18.3. The van der Waals surface area contributed by atoms with Crippen LogP contribution in [-0.2, 0) is 13.6 Å². The molecule has 0 unspecified atom stereocenters. The first kappa shape index (κ1) is 24.0. The first-order valence-electron chi connectivity index (χ1n) is 12.4. The maximum Gasteiger partial charge on any atom is 0.336 e. The van der Waals surface area contributed by atoms with Crippen LogP contribution in [0.15, 0.2) is 70.8 Å². The van der Waals surface area contributed by atoms with Gasteiger partial charge in [0.1, 0.15) is 10.6 Å². The topological polar surface area (TPSA) is 76.0 Å². The number of ether oxygens (including phenoxy) is 1. The van der Waals surface area contributed by atoms with E-state index in [2.05, 4.69) is 4.98 Å². The van der Waals surface area contributed by atoms with Crippen LogP contribution in [0.3, 0.4) is 0 Å². The molecule has 8 nitrogen and oxygen atoms in total. The van der Waals surface area contributed by atoms with E-state index in [1.807, 2.05) is 91.8 Å². The van der Waals surface area contributed by atoms with E-state index in [9.17, 15) is 9.59 Å². The molecular formula is C29H27N5O3S. The number of thiophene rings is 1. The summed E-state index contributed by atoms with van der Waals surface area (Å²) in [4.78, 5) is 33.5. The summed E-state index contributed by atoms with van der Waals surface area (Å²) in [6.45, 7) is 6.26. The molecule has 0 atom stereocenters. The van der Waals surface area contributed by atoms with Gasteiger partial charge in [-0.15, -0.1) is 11.3 Å². The molecule has 0 aliphatic rings. The monoisotopic (exact) mass is 525 g/mol. The van der Waals surface area contributed by atoms with Gasteiger partial charge in [0.05, 0.1) is 35.9 Å². The quantitative estimate of drug-likeness (QED) is 0.310. The van der Waals surface area contributed by atoms with Gasteiger partial charge in [-0.3, -0.25) is 9.36 Å². The smallest absolute Gasteiger partial charge is 0.336 e. The van der Waals surface area contributed by atoms with Crippen molar-refractivity contribution < 1.29 is 4.74 Å². The summed E-state index contributed by atoms with van der Waals surface area (Å²) in [6.07, 6.45) is 5.66. The van der Waals surface area contributed by atoms with Crippen molar-refractivity contribution in [1.82, 2.24) is 23.3 Å². The highest BCUT2D eigenvalue weighted by Gasteiger charge is 2.22. The molecule has 0 N–H and O–H groups in total. The molecule has 0 aliphatic heterocycles. The number of imidazole rings is 1. The summed E-state index contributed by atoms with van der Waals surface area (Å²) in [5, 5.41) is 1.54. The van der Waals surface area contributed by atoms with Crippen LogP contribution in [0.2, 0.25) is 0 Å². The van der Waals surface area contributed by atoms with E-state index in [1.165, 1.54) is 15.9 Å². The molecule has 9 heteroatoms. The van der Waals surface area contributed by atoms with Gasteiger partial charge < -0.3 is 13.9 Å². The van der Waals surface area contributed by atoms with E-state index >= 15 is 0 Å². The second-order valence-electron chi connectivity index (χ2n) is 9.38. The standard InChI is InChI=1S/C29H27N5O3S/c1-6-33-28-25(27(35)34(29(33)36)21-8-10-22-19(13-21)11-12-31(22)4)18(3)26(38-28)20-7-9-23(24(14-20)37-5)32-15-17(2)30-16-32/h7-16H,6H2,1-5H3. The molecule has 0 amide bonds. The predicted molar refractivity (Wildman–Crippen MR) is 152 cm³/mol. The second kappa shape index (κ2) is 8.88. The fourth-order valence-corrected chi connectivity index (χ4v) is 6.47. The number of hydrogen-bond donors (Lipinski definition) is 0. The molecule has 0 saturated heterocycles. The maximum absolute atomic E-state index is 13.9. The van der Waals surface area contributed by atoms with E-state index < -0.39 is 0 Å². The molecule has 6 rings (SSSR count). The van der Waals surface area contributed by atoms with E-state index in [-0.39, 0.29) is 11.2 Å². The molecule has 4 heterocycles. The van der Waals surface area contributed by atoms with Crippen molar-refractivity contribution in [3.8, 4) is 27.6 Å². The Bertz CT molecular complexity index is 1990. The molecule has 6 aromatic rings. The Kier molecular flexibility index (Phi) is 5.61. The molecule has 192 valence electrons. The van der Waals surface area contributed by atoms with Crippen LogP contribution in [0, 0.1) is 13.8 Å². The van der Waals surface area contributed by atoms with Gasteiger partial charge in [-0.05, 0) is 68.3 Å². The Morgan fingerprint density at radius 1 is 1.05 bits per heavy atom. The average molecular weight is 526 g/mol. The number of nitrogens with zero attached hydrogens (tertiary/aromatic N) is 5. The molecule has 0 saturated carbocycles. The summed E-state index contributed by atoms with van der Waals surface area (Å²) in [6, 6.07) is 13.6. The number of benzene rings is 2. The van der Waals surface area contributed by atoms with Gasteiger partial charge in [0.15, 0.2) is 0 Å². The molecule has 2 aromatic carbocycles. The normalized spacial score (nSPS) is 11.6. The number of methoxy groups -OCH3 is 1. The van der Waals surface area contributed by atoms with Crippen molar-refractivity contribution in [1.29, 1.82) is 0 Å². The van der Waals surface area contributed by atoms with Crippen LogP contribution in [0.25, 0.3) is 42.9 Å². The third-order valence-corrected chi connectivity index (χ3v) is 8.45. The molecule has 0 radical (unpaired) electrons. The fourth-order valence-electron chi connectivity index (χ4n) is 5.12. The van der Waals surface area contributed by atoms with Crippen molar-refractivity contribution in [2.75, 3.05) is 7.11 Å². The van der Waals surface area contributed by atoms with E-state index in [1.54, 1.807) is 18.0 Å². The summed E-state index contributed by atoms with van der Waals surface area (Å²) >= 11 is 1.46. The lowest BCUT2D eigenvalue weighted by atomic mass is 10.1. The summed E-state index contributed by atoms with van der Waals surface area (Å²) in [7, 11) is 3.61. The van der Waals surface area contributed by atoms with E-state index in [0.717, 1.165) is 38.3 Å². The molecular weight excluding hydrogens is 498 g/mol. The van der Waals surface area contributed by atoms with Crippen LogP contribution in [-0.4, -0.2) is 30.4 Å². The van der Waals surface area contributed by atoms with E-state index in [4.69, 9.17) is 4.74 Å². The second-order valence-corrected chi connectivity index (χ2v) is 10.4. The Morgan fingerprint density at radius 2 is 1.87 bits per heavy atom. The number of aryl methyl sites for hydroxylation is 4. The highest BCUT2D eigenvalue weighted by Crippen LogP contribution is 2.39. The van der Waals surface area contributed by atoms with Crippen LogP contribution < -0.4 is 16.0 Å². The SMILES string of the molecule is CCn1c(=O)n(-c2ccc3c(ccn3C)c2)c(=O)c2c(C)c(-c3ccc(-n4cnc(C)c4)c(OC)c3)sc21. The van der Waals surface area contributed by atoms with Crippen molar-refractivity contribution in [2.24, 2.45) is 7.05 Å². The number of aromatic nitrogens is 5. The zero-order valence-electron chi connectivity index (χ0n) is 21.8. The van der Waals surface area contributed by atoms with Crippen LogP contribution in [0.5, 0.6) is 5.75 Å². The highest BCUT2D eigenvalue weighted by molar-refractivity contribution is 7.22. The molecule has 0 fully saturated rings. The Hall–Kier alpha value is -4.37. The molecule has 0 bridgehead atoms.